The smallest absolute Gasteiger partial charge is 0.240 e. The van der Waals surface area contributed by atoms with Crippen molar-refractivity contribution in [3.05, 3.63) is 54.1 Å². The highest BCUT2D eigenvalue weighted by molar-refractivity contribution is 8.00. The average molecular weight is 408 g/mol. The van der Waals surface area contributed by atoms with E-state index in [0.29, 0.717) is 23.1 Å². The number of carbonyl (C=O) groups is 2. The van der Waals surface area contributed by atoms with Crippen molar-refractivity contribution in [3.63, 3.8) is 0 Å². The summed E-state index contributed by atoms with van der Waals surface area (Å²) in [6, 6.07) is 15.2. The lowest BCUT2D eigenvalue weighted by molar-refractivity contribution is -0.117. The maximum Gasteiger partial charge on any atom is 0.240 e. The number of tetrazole rings is 1. The molecule has 2 aromatic carbocycles. The largest absolute Gasteiger partial charge is 0.326 e. The van der Waals surface area contributed by atoms with Crippen LogP contribution in [0, 0.1) is 0 Å². The molecular weight excluding hydrogens is 388 g/mol. The molecule has 1 aromatic heterocycles. The highest BCUT2D eigenvalue weighted by Gasteiger charge is 2.29. The van der Waals surface area contributed by atoms with Crippen molar-refractivity contribution in [2.24, 2.45) is 0 Å². The van der Waals surface area contributed by atoms with Gasteiger partial charge in [-0.25, -0.2) is 0 Å². The van der Waals surface area contributed by atoms with Crippen molar-refractivity contribution in [2.45, 2.75) is 30.7 Å². The van der Waals surface area contributed by atoms with E-state index in [1.54, 1.807) is 16.8 Å². The van der Waals surface area contributed by atoms with Gasteiger partial charge in [0.2, 0.25) is 17.0 Å². The van der Waals surface area contributed by atoms with Crippen LogP contribution in [0.4, 0.5) is 11.4 Å². The Kier molecular flexibility index (Phi) is 5.30. The molecule has 0 saturated heterocycles. The lowest BCUT2D eigenvalue weighted by Crippen LogP contribution is -2.35. The molecule has 0 aliphatic carbocycles. The van der Waals surface area contributed by atoms with E-state index in [9.17, 15) is 9.59 Å². The molecule has 1 atom stereocenters. The summed E-state index contributed by atoms with van der Waals surface area (Å²) in [6.07, 6.45) is 0.868. The molecule has 4 rings (SSSR count). The van der Waals surface area contributed by atoms with Crippen LogP contribution in [0.2, 0.25) is 0 Å². The molecule has 148 valence electrons. The standard InChI is InChI=1S/C20H20N6O2S/c1-13(19(28)25-11-10-15-6-3-4-9-18(15)25)29-20-22-23-24-26(20)17-8-5-7-16(12-17)21-14(2)27/h3-9,12-13H,10-11H2,1-2H3,(H,21,27). The molecule has 9 heteroatoms. The zero-order valence-corrected chi connectivity index (χ0v) is 16.9. The van der Waals surface area contributed by atoms with Gasteiger partial charge in [-0.3, -0.25) is 9.59 Å². The van der Waals surface area contributed by atoms with Crippen molar-refractivity contribution < 1.29 is 9.59 Å². The number of hydrogen-bond acceptors (Lipinski definition) is 6. The first-order valence-corrected chi connectivity index (χ1v) is 10.1. The number of nitrogens with zero attached hydrogens (tertiary/aromatic N) is 5. The van der Waals surface area contributed by atoms with Gasteiger partial charge in [0.1, 0.15) is 0 Å². The molecule has 1 N–H and O–H groups in total. The number of para-hydroxylation sites is 1. The first kappa shape index (κ1) is 19.1. The first-order chi connectivity index (χ1) is 14.0. The van der Waals surface area contributed by atoms with Gasteiger partial charge in [0, 0.05) is 24.8 Å². The van der Waals surface area contributed by atoms with Crippen molar-refractivity contribution in [3.8, 4) is 5.69 Å². The van der Waals surface area contributed by atoms with Crippen LogP contribution in [-0.2, 0) is 16.0 Å². The summed E-state index contributed by atoms with van der Waals surface area (Å²) in [7, 11) is 0. The van der Waals surface area contributed by atoms with E-state index < -0.39 is 0 Å². The maximum atomic E-state index is 13.0. The van der Waals surface area contributed by atoms with Crippen molar-refractivity contribution in [1.29, 1.82) is 0 Å². The van der Waals surface area contributed by atoms with Crippen LogP contribution in [0.3, 0.4) is 0 Å². The maximum absolute atomic E-state index is 13.0. The van der Waals surface area contributed by atoms with E-state index in [4.69, 9.17) is 0 Å². The second-order valence-corrected chi connectivity index (χ2v) is 8.04. The molecule has 1 unspecified atom stereocenters. The molecular formula is C20H20N6O2S. The minimum Gasteiger partial charge on any atom is -0.326 e. The first-order valence-electron chi connectivity index (χ1n) is 9.25. The van der Waals surface area contributed by atoms with Gasteiger partial charge < -0.3 is 10.2 Å². The molecule has 2 heterocycles. The number of nitrogens with one attached hydrogen (secondary N) is 1. The Morgan fingerprint density at radius 3 is 2.83 bits per heavy atom. The molecule has 0 radical (unpaired) electrons. The van der Waals surface area contributed by atoms with E-state index in [0.717, 1.165) is 12.1 Å². The van der Waals surface area contributed by atoms with Gasteiger partial charge in [-0.1, -0.05) is 36.0 Å². The highest BCUT2D eigenvalue weighted by atomic mass is 32.2. The van der Waals surface area contributed by atoms with Gasteiger partial charge in [-0.2, -0.15) is 4.68 Å². The third-order valence-corrected chi connectivity index (χ3v) is 5.66. The van der Waals surface area contributed by atoms with Gasteiger partial charge in [0.15, 0.2) is 0 Å². The zero-order chi connectivity index (χ0) is 20.4. The SMILES string of the molecule is CC(=O)Nc1cccc(-n2nnnc2SC(C)C(=O)N2CCc3ccccc32)c1. The molecule has 0 spiro atoms. The molecule has 1 aliphatic rings. The van der Waals surface area contributed by atoms with Crippen molar-refractivity contribution in [2.75, 3.05) is 16.8 Å². The summed E-state index contributed by atoms with van der Waals surface area (Å²) < 4.78 is 1.57. The van der Waals surface area contributed by atoms with Gasteiger partial charge in [-0.15, -0.1) is 5.10 Å². The number of anilines is 2. The Balaban J connectivity index is 1.52. The fourth-order valence-corrected chi connectivity index (χ4v) is 4.20. The number of carbonyl (C=O) groups excluding carboxylic acids is 2. The lowest BCUT2D eigenvalue weighted by Gasteiger charge is -2.21. The molecule has 1 aliphatic heterocycles. The molecule has 3 aromatic rings. The summed E-state index contributed by atoms with van der Waals surface area (Å²) in [4.78, 5) is 26.2. The normalized spacial score (nSPS) is 13.8. The number of rotatable bonds is 5. The quantitative estimate of drug-likeness (QED) is 0.653. The van der Waals surface area contributed by atoms with Crippen molar-refractivity contribution in [1.82, 2.24) is 20.2 Å². The number of benzene rings is 2. The number of amides is 2. The Labute approximate surface area is 172 Å². The second-order valence-electron chi connectivity index (χ2n) is 6.73. The van der Waals surface area contributed by atoms with Gasteiger partial charge in [0.05, 0.1) is 10.9 Å². The summed E-state index contributed by atoms with van der Waals surface area (Å²) in [6.45, 7) is 4.00. The van der Waals surface area contributed by atoms with Crippen LogP contribution < -0.4 is 10.2 Å². The predicted molar refractivity (Wildman–Crippen MR) is 111 cm³/mol. The Hall–Kier alpha value is -3.20. The summed E-state index contributed by atoms with van der Waals surface area (Å²) in [5, 5.41) is 14.8. The molecule has 29 heavy (non-hydrogen) atoms. The minimum atomic E-state index is -0.357. The fraction of sp³-hybridized carbons (Fsp3) is 0.250. The number of hydrogen-bond donors (Lipinski definition) is 1. The van der Waals surface area contributed by atoms with Crippen LogP contribution in [-0.4, -0.2) is 43.8 Å². The molecule has 2 amide bonds. The number of thioether (sulfide) groups is 1. The Morgan fingerprint density at radius 1 is 1.17 bits per heavy atom. The molecule has 0 saturated carbocycles. The summed E-state index contributed by atoms with van der Waals surface area (Å²) in [5.74, 6) is -0.125. The monoisotopic (exact) mass is 408 g/mol. The predicted octanol–water partition coefficient (Wildman–Crippen LogP) is 2.69. The second kappa shape index (κ2) is 8.04. The van der Waals surface area contributed by atoms with Gasteiger partial charge >= 0.3 is 0 Å². The molecule has 8 nitrogen and oxygen atoms in total. The Bertz CT molecular complexity index is 1070. The fourth-order valence-electron chi connectivity index (χ4n) is 3.33. The minimum absolute atomic E-state index is 0.0292. The van der Waals surface area contributed by atoms with E-state index in [-0.39, 0.29) is 17.1 Å². The van der Waals surface area contributed by atoms with Gasteiger partial charge in [-0.05, 0) is 53.6 Å². The van der Waals surface area contributed by atoms with Crippen LogP contribution >= 0.6 is 11.8 Å². The lowest BCUT2D eigenvalue weighted by atomic mass is 10.2. The van der Waals surface area contributed by atoms with E-state index in [2.05, 4.69) is 26.9 Å². The highest BCUT2D eigenvalue weighted by Crippen LogP contribution is 2.31. The average Bonchev–Trinajstić information content (AvgIpc) is 3.34. The van der Waals surface area contributed by atoms with Crippen LogP contribution in [0.1, 0.15) is 19.4 Å². The number of aromatic nitrogens is 4. The summed E-state index contributed by atoms with van der Waals surface area (Å²) >= 11 is 1.31. The zero-order valence-electron chi connectivity index (χ0n) is 16.1. The molecule has 0 bridgehead atoms. The van der Waals surface area contributed by atoms with E-state index in [1.165, 1.54) is 24.2 Å². The molecule has 0 fully saturated rings. The third-order valence-electron chi connectivity index (χ3n) is 4.64. The summed E-state index contributed by atoms with van der Waals surface area (Å²) in [5.41, 5.74) is 3.53. The third kappa shape index (κ3) is 4.00. The van der Waals surface area contributed by atoms with E-state index >= 15 is 0 Å². The number of fused-ring (bicyclic) bond motifs is 1. The van der Waals surface area contributed by atoms with Crippen LogP contribution in [0.15, 0.2) is 53.7 Å². The van der Waals surface area contributed by atoms with Crippen molar-refractivity contribution >= 4 is 35.0 Å². The van der Waals surface area contributed by atoms with E-state index in [1.807, 2.05) is 42.2 Å². The topological polar surface area (TPSA) is 93.0 Å². The van der Waals surface area contributed by atoms with Crippen LogP contribution in [0.5, 0.6) is 0 Å². The van der Waals surface area contributed by atoms with Gasteiger partial charge in [0.25, 0.3) is 0 Å². The Morgan fingerprint density at radius 2 is 2.00 bits per heavy atom. The van der Waals surface area contributed by atoms with Crippen LogP contribution in [0.25, 0.3) is 5.69 Å².